The monoisotopic (exact) mass is 290 g/mol. The Bertz CT molecular complexity index is 520. The minimum atomic E-state index is -3.62. The molecular formula is C10H18N4O2S2. The van der Waals surface area contributed by atoms with Gasteiger partial charge in [0.25, 0.3) is 0 Å². The molecule has 0 spiro atoms. The summed E-state index contributed by atoms with van der Waals surface area (Å²) in [5, 5.41) is 8.00. The minimum Gasteiger partial charge on any atom is -0.370 e. The summed E-state index contributed by atoms with van der Waals surface area (Å²) >= 11 is 1.10. The SMILES string of the molecule is CC(C)CNC(N)=NCc1ccc(S(N)(=O)=O)s1. The Kier molecular flexibility index (Phi) is 5.12. The van der Waals surface area contributed by atoms with E-state index in [0.717, 1.165) is 22.8 Å². The van der Waals surface area contributed by atoms with Gasteiger partial charge in [-0.2, -0.15) is 0 Å². The fraction of sp³-hybridized carbons (Fsp3) is 0.500. The number of primary sulfonamides is 1. The van der Waals surface area contributed by atoms with Gasteiger partial charge in [-0.25, -0.2) is 18.5 Å². The number of hydrogen-bond donors (Lipinski definition) is 3. The van der Waals surface area contributed by atoms with Crippen LogP contribution >= 0.6 is 11.3 Å². The molecule has 0 aliphatic rings. The van der Waals surface area contributed by atoms with Crippen molar-refractivity contribution in [1.82, 2.24) is 5.32 Å². The van der Waals surface area contributed by atoms with E-state index in [9.17, 15) is 8.42 Å². The fourth-order valence-corrected chi connectivity index (χ4v) is 2.83. The summed E-state index contributed by atoms with van der Waals surface area (Å²) in [6, 6.07) is 3.16. The van der Waals surface area contributed by atoms with Crippen LogP contribution in [-0.4, -0.2) is 20.9 Å². The summed E-state index contributed by atoms with van der Waals surface area (Å²) in [7, 11) is -3.62. The van der Waals surface area contributed by atoms with Gasteiger partial charge in [-0.15, -0.1) is 11.3 Å². The van der Waals surface area contributed by atoms with Crippen LogP contribution in [0.4, 0.5) is 0 Å². The largest absolute Gasteiger partial charge is 0.370 e. The van der Waals surface area contributed by atoms with Gasteiger partial charge in [-0.1, -0.05) is 13.8 Å². The molecular weight excluding hydrogens is 272 g/mol. The van der Waals surface area contributed by atoms with Crippen LogP contribution in [0.15, 0.2) is 21.3 Å². The van der Waals surface area contributed by atoms with E-state index >= 15 is 0 Å². The number of guanidine groups is 1. The van der Waals surface area contributed by atoms with E-state index in [0.29, 0.717) is 18.4 Å². The third-order valence-corrected chi connectivity index (χ3v) is 4.52. The molecule has 0 fully saturated rings. The second kappa shape index (κ2) is 6.17. The molecule has 0 aliphatic heterocycles. The van der Waals surface area contributed by atoms with Crippen molar-refractivity contribution in [3.8, 4) is 0 Å². The summed E-state index contributed by atoms with van der Waals surface area (Å²) < 4.78 is 22.3. The van der Waals surface area contributed by atoms with Crippen molar-refractivity contribution in [3.05, 3.63) is 17.0 Å². The lowest BCUT2D eigenvalue weighted by Gasteiger charge is -2.07. The maximum absolute atomic E-state index is 11.1. The highest BCUT2D eigenvalue weighted by atomic mass is 32.2. The first-order valence-electron chi connectivity index (χ1n) is 5.44. The van der Waals surface area contributed by atoms with Gasteiger partial charge in [0, 0.05) is 11.4 Å². The molecule has 5 N–H and O–H groups in total. The number of nitrogens with two attached hydrogens (primary N) is 2. The summed E-state index contributed by atoms with van der Waals surface area (Å²) in [5.41, 5.74) is 5.66. The number of aliphatic imine (C=N–C) groups is 1. The van der Waals surface area contributed by atoms with Crippen LogP contribution in [-0.2, 0) is 16.6 Å². The number of hydrogen-bond acceptors (Lipinski definition) is 4. The zero-order valence-electron chi connectivity index (χ0n) is 10.4. The first kappa shape index (κ1) is 14.9. The van der Waals surface area contributed by atoms with E-state index in [4.69, 9.17) is 10.9 Å². The molecule has 0 aliphatic carbocycles. The van der Waals surface area contributed by atoms with Crippen LogP contribution in [0, 0.1) is 5.92 Å². The minimum absolute atomic E-state index is 0.140. The molecule has 0 atom stereocenters. The summed E-state index contributed by atoms with van der Waals surface area (Å²) in [4.78, 5) is 4.92. The lowest BCUT2D eigenvalue weighted by atomic mass is 10.2. The Morgan fingerprint density at radius 1 is 1.50 bits per heavy atom. The van der Waals surface area contributed by atoms with E-state index in [1.807, 2.05) is 0 Å². The highest BCUT2D eigenvalue weighted by molar-refractivity contribution is 7.91. The number of sulfonamides is 1. The van der Waals surface area contributed by atoms with Crippen LogP contribution in [0.2, 0.25) is 0 Å². The molecule has 8 heteroatoms. The standard InChI is InChI=1S/C10H18N4O2S2/c1-7(2)5-13-10(11)14-6-8-3-4-9(17-8)18(12,15)16/h3-4,7H,5-6H2,1-2H3,(H3,11,13,14)(H2,12,15,16). The number of rotatable bonds is 5. The maximum atomic E-state index is 11.1. The van der Waals surface area contributed by atoms with E-state index < -0.39 is 10.0 Å². The predicted molar refractivity (Wildman–Crippen MR) is 73.9 cm³/mol. The Balaban J connectivity index is 2.58. The van der Waals surface area contributed by atoms with Crippen LogP contribution < -0.4 is 16.2 Å². The molecule has 0 aromatic carbocycles. The molecule has 1 aromatic heterocycles. The Hall–Kier alpha value is -1.12. The molecule has 0 saturated heterocycles. The van der Waals surface area contributed by atoms with Gasteiger partial charge in [0.2, 0.25) is 10.0 Å². The summed E-state index contributed by atoms with van der Waals surface area (Å²) in [6.07, 6.45) is 0. The first-order chi connectivity index (χ1) is 8.29. The van der Waals surface area contributed by atoms with Gasteiger partial charge >= 0.3 is 0 Å². The molecule has 0 bridgehead atoms. The Labute approximate surface area is 111 Å². The van der Waals surface area contributed by atoms with Crippen molar-refractivity contribution in [1.29, 1.82) is 0 Å². The van der Waals surface area contributed by atoms with Crippen LogP contribution in [0.1, 0.15) is 18.7 Å². The molecule has 18 heavy (non-hydrogen) atoms. The molecule has 102 valence electrons. The fourth-order valence-electron chi connectivity index (χ4n) is 1.12. The van der Waals surface area contributed by atoms with E-state index in [1.54, 1.807) is 6.07 Å². The average molecular weight is 290 g/mol. The highest BCUT2D eigenvalue weighted by Crippen LogP contribution is 2.20. The lowest BCUT2D eigenvalue weighted by molar-refractivity contribution is 0.600. The predicted octanol–water partition coefficient (Wildman–Crippen LogP) is 0.456. The normalized spacial score (nSPS) is 13.0. The molecule has 1 heterocycles. The van der Waals surface area contributed by atoms with Crippen molar-refractivity contribution in [2.45, 2.75) is 24.6 Å². The summed E-state index contributed by atoms with van der Waals surface area (Å²) in [6.45, 7) is 5.23. The quantitative estimate of drug-likeness (QED) is 0.540. The number of thiophene rings is 1. The zero-order valence-corrected chi connectivity index (χ0v) is 12.0. The smallest absolute Gasteiger partial charge is 0.247 e. The number of nitrogens with one attached hydrogen (secondary N) is 1. The molecule has 0 amide bonds. The van der Waals surface area contributed by atoms with Crippen molar-refractivity contribution >= 4 is 27.3 Å². The van der Waals surface area contributed by atoms with Gasteiger partial charge in [-0.05, 0) is 18.1 Å². The molecule has 6 nitrogen and oxygen atoms in total. The van der Waals surface area contributed by atoms with Crippen molar-refractivity contribution in [3.63, 3.8) is 0 Å². The van der Waals surface area contributed by atoms with Crippen LogP contribution in [0.3, 0.4) is 0 Å². The first-order valence-corrected chi connectivity index (χ1v) is 7.80. The maximum Gasteiger partial charge on any atom is 0.247 e. The van der Waals surface area contributed by atoms with Crippen molar-refractivity contribution < 1.29 is 8.42 Å². The zero-order chi connectivity index (χ0) is 13.8. The Morgan fingerprint density at radius 3 is 2.67 bits per heavy atom. The van der Waals surface area contributed by atoms with Gasteiger partial charge < -0.3 is 11.1 Å². The van der Waals surface area contributed by atoms with Gasteiger partial charge in [-0.3, -0.25) is 0 Å². The van der Waals surface area contributed by atoms with Crippen molar-refractivity contribution in [2.24, 2.45) is 21.8 Å². The molecule has 0 unspecified atom stereocenters. The molecule has 0 radical (unpaired) electrons. The van der Waals surface area contributed by atoms with E-state index in [1.165, 1.54) is 6.07 Å². The van der Waals surface area contributed by atoms with Gasteiger partial charge in [0.05, 0.1) is 6.54 Å². The molecule has 1 aromatic rings. The van der Waals surface area contributed by atoms with Gasteiger partial charge in [0.1, 0.15) is 4.21 Å². The van der Waals surface area contributed by atoms with E-state index in [-0.39, 0.29) is 4.21 Å². The number of nitrogens with zero attached hydrogens (tertiary/aromatic N) is 1. The average Bonchev–Trinajstić information content (AvgIpc) is 2.71. The second-order valence-corrected chi connectivity index (χ2v) is 7.20. The molecule has 0 saturated carbocycles. The van der Waals surface area contributed by atoms with Gasteiger partial charge in [0.15, 0.2) is 5.96 Å². The van der Waals surface area contributed by atoms with Crippen LogP contribution in [0.25, 0.3) is 0 Å². The third kappa shape index (κ3) is 5.03. The molecule has 1 rings (SSSR count). The summed E-state index contributed by atoms with van der Waals surface area (Å²) in [5.74, 6) is 0.837. The van der Waals surface area contributed by atoms with Crippen LogP contribution in [0.5, 0.6) is 0 Å². The second-order valence-electron chi connectivity index (χ2n) is 4.24. The lowest BCUT2D eigenvalue weighted by Crippen LogP contribution is -2.34. The topological polar surface area (TPSA) is 111 Å². The Morgan fingerprint density at radius 2 is 2.17 bits per heavy atom. The van der Waals surface area contributed by atoms with E-state index in [2.05, 4.69) is 24.2 Å². The van der Waals surface area contributed by atoms with Crippen molar-refractivity contribution in [2.75, 3.05) is 6.54 Å². The third-order valence-electron chi connectivity index (χ3n) is 2.01. The highest BCUT2D eigenvalue weighted by Gasteiger charge is 2.10.